The van der Waals surface area contributed by atoms with E-state index in [2.05, 4.69) is 16.0 Å². The molecular formula is C25H29N3O6. The van der Waals surface area contributed by atoms with Gasteiger partial charge < -0.3 is 30.2 Å². The Balaban J connectivity index is 1.77. The Morgan fingerprint density at radius 1 is 1.09 bits per heavy atom. The molecule has 9 heteroatoms. The highest BCUT2D eigenvalue weighted by Crippen LogP contribution is 2.34. The number of anilines is 1. The normalized spacial score (nSPS) is 15.3. The molecule has 1 atom stereocenters. The van der Waals surface area contributed by atoms with Crippen LogP contribution in [0.1, 0.15) is 32.4 Å². The molecule has 2 aromatic rings. The van der Waals surface area contributed by atoms with Gasteiger partial charge in [0.25, 0.3) is 5.91 Å². The average molecular weight is 468 g/mol. The Morgan fingerprint density at radius 2 is 1.82 bits per heavy atom. The van der Waals surface area contributed by atoms with E-state index in [-0.39, 0.29) is 25.0 Å². The van der Waals surface area contributed by atoms with E-state index in [1.165, 1.54) is 7.11 Å². The van der Waals surface area contributed by atoms with Crippen molar-refractivity contribution >= 4 is 23.6 Å². The van der Waals surface area contributed by atoms with Crippen LogP contribution in [0.2, 0.25) is 0 Å². The fourth-order valence-electron chi connectivity index (χ4n) is 3.38. The molecule has 1 heterocycles. The zero-order chi connectivity index (χ0) is 24.7. The number of hydrogen-bond donors (Lipinski definition) is 3. The highest BCUT2D eigenvalue weighted by molar-refractivity contribution is 5.95. The molecule has 0 spiro atoms. The van der Waals surface area contributed by atoms with Crippen LogP contribution in [0, 0.1) is 5.92 Å². The van der Waals surface area contributed by atoms with Crippen molar-refractivity contribution in [1.82, 2.24) is 10.6 Å². The van der Waals surface area contributed by atoms with Gasteiger partial charge in [-0.2, -0.15) is 0 Å². The molecule has 3 N–H and O–H groups in total. The first kappa shape index (κ1) is 24.6. The number of carbonyl (C=O) groups excluding carboxylic acids is 3. The first-order chi connectivity index (χ1) is 16.3. The van der Waals surface area contributed by atoms with E-state index in [0.717, 1.165) is 0 Å². The molecule has 3 rings (SSSR count). The number of esters is 1. The molecule has 2 aromatic carbocycles. The van der Waals surface area contributed by atoms with Crippen molar-refractivity contribution in [3.63, 3.8) is 0 Å². The number of hydrogen-bond acceptors (Lipinski definition) is 6. The molecule has 0 radical (unpaired) electrons. The number of nitrogens with one attached hydrogen (secondary N) is 3. The Labute approximate surface area is 198 Å². The highest BCUT2D eigenvalue weighted by atomic mass is 16.5. The van der Waals surface area contributed by atoms with Crippen LogP contribution in [0.25, 0.3) is 0 Å². The maximum absolute atomic E-state index is 12.8. The average Bonchev–Trinajstić information content (AvgIpc) is 2.81. The molecule has 0 aromatic heterocycles. The molecule has 34 heavy (non-hydrogen) atoms. The molecule has 0 bridgehead atoms. The van der Waals surface area contributed by atoms with E-state index in [0.29, 0.717) is 34.0 Å². The third kappa shape index (κ3) is 6.28. The van der Waals surface area contributed by atoms with Crippen LogP contribution in [0.5, 0.6) is 11.5 Å². The number of allylic oxidation sites excluding steroid dienone is 1. The highest BCUT2D eigenvalue weighted by Gasteiger charge is 2.33. The van der Waals surface area contributed by atoms with E-state index < -0.39 is 18.0 Å². The van der Waals surface area contributed by atoms with E-state index in [9.17, 15) is 14.4 Å². The van der Waals surface area contributed by atoms with Gasteiger partial charge in [0.15, 0.2) is 18.1 Å². The third-order valence-corrected chi connectivity index (χ3v) is 4.97. The molecule has 0 fully saturated rings. The number of methoxy groups -OCH3 is 1. The van der Waals surface area contributed by atoms with Crippen LogP contribution < -0.4 is 25.4 Å². The summed E-state index contributed by atoms with van der Waals surface area (Å²) in [7, 11) is 1.47. The summed E-state index contributed by atoms with van der Waals surface area (Å²) in [5.74, 6) is 0.0343. The second-order valence-electron chi connectivity index (χ2n) is 8.18. The van der Waals surface area contributed by atoms with Crippen molar-refractivity contribution in [2.24, 2.45) is 5.92 Å². The second-order valence-corrected chi connectivity index (χ2v) is 8.18. The van der Waals surface area contributed by atoms with Gasteiger partial charge in [-0.3, -0.25) is 4.79 Å². The summed E-state index contributed by atoms with van der Waals surface area (Å²) in [6.07, 6.45) is 0. The fraction of sp³-hybridized carbons (Fsp3) is 0.320. The number of rotatable bonds is 9. The maximum atomic E-state index is 12.8. The lowest BCUT2D eigenvalue weighted by Gasteiger charge is -2.28. The zero-order valence-electron chi connectivity index (χ0n) is 19.6. The summed E-state index contributed by atoms with van der Waals surface area (Å²) in [6.45, 7) is 5.57. The van der Waals surface area contributed by atoms with Crippen molar-refractivity contribution in [3.8, 4) is 11.5 Å². The minimum Gasteiger partial charge on any atom is -0.493 e. The lowest BCUT2D eigenvalue weighted by molar-refractivity contribution is -0.140. The van der Waals surface area contributed by atoms with E-state index in [1.54, 1.807) is 37.3 Å². The lowest BCUT2D eigenvalue weighted by atomic mass is 9.95. The Hall–Kier alpha value is -4.01. The van der Waals surface area contributed by atoms with Gasteiger partial charge in [-0.15, -0.1) is 0 Å². The van der Waals surface area contributed by atoms with Gasteiger partial charge in [-0.25, -0.2) is 9.59 Å². The number of carbonyl (C=O) groups is 3. The summed E-state index contributed by atoms with van der Waals surface area (Å²) < 4.78 is 16.5. The van der Waals surface area contributed by atoms with Gasteiger partial charge in [0.2, 0.25) is 0 Å². The van der Waals surface area contributed by atoms with Gasteiger partial charge in [0.05, 0.1) is 25.3 Å². The fourth-order valence-corrected chi connectivity index (χ4v) is 3.38. The maximum Gasteiger partial charge on any atom is 0.338 e. The number of benzene rings is 2. The predicted octanol–water partition coefficient (Wildman–Crippen LogP) is 3.54. The van der Waals surface area contributed by atoms with Gasteiger partial charge in [0.1, 0.15) is 0 Å². The van der Waals surface area contributed by atoms with Crippen molar-refractivity contribution in [1.29, 1.82) is 0 Å². The third-order valence-electron chi connectivity index (χ3n) is 4.97. The van der Waals surface area contributed by atoms with Gasteiger partial charge >= 0.3 is 12.0 Å². The Bertz CT molecular complexity index is 1080. The zero-order valence-corrected chi connectivity index (χ0v) is 19.6. The van der Waals surface area contributed by atoms with E-state index >= 15 is 0 Å². The minimum absolute atomic E-state index is 0.171. The molecule has 1 unspecified atom stereocenters. The smallest absolute Gasteiger partial charge is 0.338 e. The molecule has 1 aliphatic rings. The molecule has 9 nitrogen and oxygen atoms in total. The summed E-state index contributed by atoms with van der Waals surface area (Å²) in [5.41, 5.74) is 1.99. The standard InChI is InChI=1S/C25H29N3O6/c1-15(2)13-34-24(30)22-16(3)26-25(31)28-23(22)17-10-11-19(20(12-17)32-4)33-14-21(29)27-18-8-6-5-7-9-18/h5-12,15,23H,13-14H2,1-4H3,(H,27,29)(H2,26,28,31). The van der Waals surface area contributed by atoms with Crippen LogP contribution in [-0.4, -0.2) is 38.2 Å². The molecule has 1 aliphatic heterocycles. The van der Waals surface area contributed by atoms with Crippen LogP contribution in [-0.2, 0) is 14.3 Å². The number of amides is 3. The van der Waals surface area contributed by atoms with Crippen LogP contribution in [0.15, 0.2) is 59.8 Å². The van der Waals surface area contributed by atoms with Crippen molar-refractivity contribution in [2.75, 3.05) is 25.6 Å². The number of ether oxygens (including phenoxy) is 3. The summed E-state index contributed by atoms with van der Waals surface area (Å²) in [6, 6.07) is 12.9. The summed E-state index contributed by atoms with van der Waals surface area (Å²) in [5, 5.41) is 8.12. The van der Waals surface area contributed by atoms with Gasteiger partial charge in [-0.05, 0) is 42.7 Å². The van der Waals surface area contributed by atoms with Gasteiger partial charge in [-0.1, -0.05) is 38.1 Å². The molecule has 3 amide bonds. The first-order valence-corrected chi connectivity index (χ1v) is 10.9. The molecule has 0 saturated heterocycles. The van der Waals surface area contributed by atoms with Gasteiger partial charge in [0, 0.05) is 11.4 Å². The van der Waals surface area contributed by atoms with Crippen LogP contribution in [0.4, 0.5) is 10.5 Å². The topological polar surface area (TPSA) is 115 Å². The lowest BCUT2D eigenvalue weighted by Crippen LogP contribution is -2.45. The molecule has 180 valence electrons. The van der Waals surface area contributed by atoms with E-state index in [4.69, 9.17) is 14.2 Å². The largest absolute Gasteiger partial charge is 0.493 e. The predicted molar refractivity (Wildman–Crippen MR) is 126 cm³/mol. The first-order valence-electron chi connectivity index (χ1n) is 10.9. The molecule has 0 saturated carbocycles. The van der Waals surface area contributed by atoms with Crippen molar-refractivity contribution in [2.45, 2.75) is 26.8 Å². The quantitative estimate of drug-likeness (QED) is 0.486. The van der Waals surface area contributed by atoms with Crippen molar-refractivity contribution < 1.29 is 28.6 Å². The number of para-hydroxylation sites is 1. The number of urea groups is 1. The molecule has 0 aliphatic carbocycles. The molecular weight excluding hydrogens is 438 g/mol. The summed E-state index contributed by atoms with van der Waals surface area (Å²) in [4.78, 5) is 37.1. The van der Waals surface area contributed by atoms with Crippen molar-refractivity contribution in [3.05, 3.63) is 65.4 Å². The summed E-state index contributed by atoms with van der Waals surface area (Å²) >= 11 is 0. The second kappa shape index (κ2) is 11.2. The SMILES string of the molecule is COc1cc(C2NC(=O)NC(C)=C2C(=O)OCC(C)C)ccc1OCC(=O)Nc1ccccc1. The Morgan fingerprint density at radius 3 is 2.50 bits per heavy atom. The monoisotopic (exact) mass is 467 g/mol. The van der Waals surface area contributed by atoms with Crippen LogP contribution in [0.3, 0.4) is 0 Å². The van der Waals surface area contributed by atoms with Crippen LogP contribution >= 0.6 is 0 Å². The van der Waals surface area contributed by atoms with E-state index in [1.807, 2.05) is 32.0 Å². The minimum atomic E-state index is -0.738. The Kier molecular flexibility index (Phi) is 8.13.